The second-order valence-corrected chi connectivity index (χ2v) is 10.4. The zero-order valence-corrected chi connectivity index (χ0v) is 21.2. The summed E-state index contributed by atoms with van der Waals surface area (Å²) in [5.74, 6) is -3.52. The van der Waals surface area contributed by atoms with E-state index in [-0.39, 0.29) is 22.6 Å². The first kappa shape index (κ1) is 25.9. The first-order chi connectivity index (χ1) is 17.2. The van der Waals surface area contributed by atoms with Gasteiger partial charge in [0.25, 0.3) is 11.8 Å². The van der Waals surface area contributed by atoms with Crippen molar-refractivity contribution in [1.82, 2.24) is 4.98 Å². The number of benzene rings is 1. The number of halogens is 5. The topological polar surface area (TPSA) is 72.0 Å². The van der Waals surface area contributed by atoms with Gasteiger partial charge in [-0.3, -0.25) is 14.5 Å². The van der Waals surface area contributed by atoms with E-state index >= 15 is 0 Å². The van der Waals surface area contributed by atoms with Crippen molar-refractivity contribution < 1.29 is 36.6 Å². The van der Waals surface area contributed by atoms with E-state index < -0.39 is 53.4 Å². The molecule has 0 N–H and O–H groups in total. The third-order valence-electron chi connectivity index (χ3n) is 6.89. The molecule has 7 nitrogen and oxygen atoms in total. The van der Waals surface area contributed by atoms with Gasteiger partial charge < -0.3 is 14.4 Å². The molecule has 0 aliphatic carbocycles. The Morgan fingerprint density at radius 2 is 1.92 bits per heavy atom. The molecule has 0 saturated carbocycles. The summed E-state index contributed by atoms with van der Waals surface area (Å²) in [6, 6.07) is 2.42. The van der Waals surface area contributed by atoms with Crippen molar-refractivity contribution in [3.05, 3.63) is 51.9 Å². The maximum atomic E-state index is 14.2. The fourth-order valence-corrected chi connectivity index (χ4v) is 5.58. The fraction of sp³-hybridized carbons (Fsp3) is 0.480. The Kier molecular flexibility index (Phi) is 6.04. The van der Waals surface area contributed by atoms with E-state index in [1.807, 2.05) is 0 Å². The molecule has 4 heterocycles. The molecule has 4 atom stereocenters. The number of nitrogens with zero attached hydrogens (tertiary/aromatic N) is 3. The van der Waals surface area contributed by atoms with E-state index in [0.717, 1.165) is 23.1 Å². The number of aryl methyl sites for hydroxylation is 1. The molecule has 2 saturated heterocycles. The van der Waals surface area contributed by atoms with Gasteiger partial charge in [0.05, 0.1) is 10.6 Å². The number of alkyl halides is 3. The van der Waals surface area contributed by atoms with Crippen LogP contribution in [0.5, 0.6) is 0 Å². The van der Waals surface area contributed by atoms with E-state index in [1.165, 1.54) is 17.9 Å². The van der Waals surface area contributed by atoms with Crippen LogP contribution in [0.1, 0.15) is 44.0 Å². The highest BCUT2D eigenvalue weighted by Crippen LogP contribution is 2.43. The maximum absolute atomic E-state index is 14.2. The number of rotatable bonds is 2. The Bertz CT molecular complexity index is 1300. The molecule has 1 aromatic heterocycles. The molecule has 3 aliphatic rings. The summed E-state index contributed by atoms with van der Waals surface area (Å²) in [5, 5.41) is -0.101. The standard InChI is InChI=1S/C25H24ClF4N3O4/c1-11-9-13(25(28,29)30)10-17(31-11)33-19(20-21(23(33)35)37-24(3,4)36-20)22(34)32-12(2)5-6-14-16(32)8-7-15(27)18(14)26/h7-10,12,19-21H,5-6H2,1-4H3/t12?,19-,20-,21-/m0/s1. The number of amides is 2. The minimum atomic E-state index is -4.70. The summed E-state index contributed by atoms with van der Waals surface area (Å²) in [5.41, 5.74) is -0.177. The number of hydrogen-bond acceptors (Lipinski definition) is 5. The predicted molar refractivity (Wildman–Crippen MR) is 126 cm³/mol. The van der Waals surface area contributed by atoms with Crippen molar-refractivity contribution in [2.45, 2.75) is 76.8 Å². The highest BCUT2D eigenvalue weighted by molar-refractivity contribution is 6.32. The van der Waals surface area contributed by atoms with Gasteiger partial charge in [-0.2, -0.15) is 13.2 Å². The predicted octanol–water partition coefficient (Wildman–Crippen LogP) is 4.80. The highest BCUT2D eigenvalue weighted by atomic mass is 35.5. The Morgan fingerprint density at radius 1 is 1.22 bits per heavy atom. The molecule has 0 bridgehead atoms. The van der Waals surface area contributed by atoms with Gasteiger partial charge in [0.1, 0.15) is 23.8 Å². The summed E-state index contributed by atoms with van der Waals surface area (Å²) < 4.78 is 66.7. The number of fused-ring (bicyclic) bond motifs is 2. The monoisotopic (exact) mass is 541 g/mol. The van der Waals surface area contributed by atoms with Crippen LogP contribution in [-0.4, -0.2) is 46.9 Å². The zero-order valence-electron chi connectivity index (χ0n) is 20.4. The van der Waals surface area contributed by atoms with Crippen molar-refractivity contribution in [2.24, 2.45) is 0 Å². The molecule has 37 heavy (non-hydrogen) atoms. The maximum Gasteiger partial charge on any atom is 0.416 e. The van der Waals surface area contributed by atoms with Crippen LogP contribution < -0.4 is 9.80 Å². The van der Waals surface area contributed by atoms with Crippen molar-refractivity contribution in [2.75, 3.05) is 9.80 Å². The van der Waals surface area contributed by atoms with E-state index in [0.29, 0.717) is 24.1 Å². The summed E-state index contributed by atoms with van der Waals surface area (Å²) >= 11 is 6.20. The van der Waals surface area contributed by atoms with E-state index in [2.05, 4.69) is 4.98 Å². The molecule has 3 aliphatic heterocycles. The molecule has 2 amide bonds. The van der Waals surface area contributed by atoms with Crippen LogP contribution in [-0.2, 0) is 31.7 Å². The SMILES string of the molecule is Cc1cc(C(F)(F)F)cc(N2C(=O)[C@H]3OC(C)(C)O[C@H]3[C@H]2C(=O)N2c3ccc(F)c(Cl)c3CCC2C)n1. The Hall–Kier alpha value is -2.76. The van der Waals surface area contributed by atoms with Gasteiger partial charge in [-0.15, -0.1) is 0 Å². The Balaban J connectivity index is 1.64. The molecule has 12 heteroatoms. The van der Waals surface area contributed by atoms with Crippen LogP contribution in [0.4, 0.5) is 29.1 Å². The molecule has 1 aromatic carbocycles. The van der Waals surface area contributed by atoms with Crippen LogP contribution in [0.25, 0.3) is 0 Å². The van der Waals surface area contributed by atoms with E-state index in [9.17, 15) is 27.2 Å². The molecule has 2 fully saturated rings. The zero-order chi connectivity index (χ0) is 27.0. The Morgan fingerprint density at radius 3 is 2.59 bits per heavy atom. The quantitative estimate of drug-likeness (QED) is 0.511. The molecule has 1 unspecified atom stereocenters. The van der Waals surface area contributed by atoms with Crippen LogP contribution >= 0.6 is 11.6 Å². The van der Waals surface area contributed by atoms with E-state index in [1.54, 1.807) is 20.8 Å². The minimum absolute atomic E-state index is 0.0157. The molecular formula is C25H24ClF4N3O4. The largest absolute Gasteiger partial charge is 0.416 e. The van der Waals surface area contributed by atoms with Gasteiger partial charge in [0.15, 0.2) is 11.9 Å². The lowest BCUT2D eigenvalue weighted by molar-refractivity contribution is -0.161. The lowest BCUT2D eigenvalue weighted by Crippen LogP contribution is -2.55. The lowest BCUT2D eigenvalue weighted by atomic mass is 9.94. The van der Waals surface area contributed by atoms with Gasteiger partial charge in [0, 0.05) is 17.4 Å². The smallest absolute Gasteiger partial charge is 0.341 e. The fourth-order valence-electron chi connectivity index (χ4n) is 5.32. The van der Waals surface area contributed by atoms with E-state index in [4.69, 9.17) is 21.1 Å². The van der Waals surface area contributed by atoms with Crippen molar-refractivity contribution >= 4 is 34.9 Å². The average molecular weight is 542 g/mol. The normalized spacial score (nSPS) is 26.9. The van der Waals surface area contributed by atoms with Crippen LogP contribution in [0, 0.1) is 12.7 Å². The summed E-state index contributed by atoms with van der Waals surface area (Å²) in [7, 11) is 0. The number of carbonyl (C=O) groups is 2. The van der Waals surface area contributed by atoms with Gasteiger partial charge in [-0.05, 0) is 70.4 Å². The Labute approximate surface area is 215 Å². The van der Waals surface area contributed by atoms with Crippen molar-refractivity contribution in [3.8, 4) is 0 Å². The van der Waals surface area contributed by atoms with Crippen molar-refractivity contribution in [3.63, 3.8) is 0 Å². The van der Waals surface area contributed by atoms with Crippen molar-refractivity contribution in [1.29, 1.82) is 0 Å². The van der Waals surface area contributed by atoms with Gasteiger partial charge >= 0.3 is 6.18 Å². The summed E-state index contributed by atoms with van der Waals surface area (Å²) in [6.45, 7) is 6.32. The number of pyridine rings is 1. The first-order valence-corrected chi connectivity index (χ1v) is 12.1. The lowest BCUT2D eigenvalue weighted by Gasteiger charge is -2.39. The summed E-state index contributed by atoms with van der Waals surface area (Å²) in [6.07, 6.45) is -6.15. The number of carbonyl (C=O) groups excluding carboxylic acids is 2. The number of anilines is 2. The number of ether oxygens (including phenoxy) is 2. The molecule has 5 rings (SSSR count). The number of aromatic nitrogens is 1. The molecule has 0 spiro atoms. The average Bonchev–Trinajstić information content (AvgIpc) is 3.25. The molecule has 2 aromatic rings. The first-order valence-electron chi connectivity index (χ1n) is 11.7. The minimum Gasteiger partial charge on any atom is -0.341 e. The second-order valence-electron chi connectivity index (χ2n) is 9.98. The summed E-state index contributed by atoms with van der Waals surface area (Å²) in [4.78, 5) is 34.3. The van der Waals surface area contributed by atoms with Crippen LogP contribution in [0.3, 0.4) is 0 Å². The highest BCUT2D eigenvalue weighted by Gasteiger charge is 2.62. The molecule has 198 valence electrons. The van der Waals surface area contributed by atoms with Gasteiger partial charge in [-0.1, -0.05) is 11.6 Å². The number of hydrogen-bond donors (Lipinski definition) is 0. The van der Waals surface area contributed by atoms with Gasteiger partial charge in [0.2, 0.25) is 0 Å². The second kappa shape index (κ2) is 8.64. The molecular weight excluding hydrogens is 518 g/mol. The van der Waals surface area contributed by atoms with Crippen LogP contribution in [0.2, 0.25) is 5.02 Å². The van der Waals surface area contributed by atoms with Crippen LogP contribution in [0.15, 0.2) is 24.3 Å². The van der Waals surface area contributed by atoms with Gasteiger partial charge in [-0.25, -0.2) is 9.37 Å². The third kappa shape index (κ3) is 4.26. The molecule has 0 radical (unpaired) electrons. The third-order valence-corrected chi connectivity index (χ3v) is 7.30.